The molecule has 1 saturated heterocycles. The first-order valence-electron chi connectivity index (χ1n) is 9.22. The monoisotopic (exact) mass is 434 g/mol. The van der Waals surface area contributed by atoms with Gasteiger partial charge in [-0.05, 0) is 61.9 Å². The number of carboxylic acid groups (broad SMARTS) is 1. The van der Waals surface area contributed by atoms with Gasteiger partial charge in [0.2, 0.25) is 0 Å². The fourth-order valence-electron chi connectivity index (χ4n) is 3.52. The Bertz CT molecular complexity index is 1210. The van der Waals surface area contributed by atoms with Crippen LogP contribution >= 0.6 is 24.0 Å². The predicted molar refractivity (Wildman–Crippen MR) is 124 cm³/mol. The van der Waals surface area contributed by atoms with Gasteiger partial charge in [0, 0.05) is 17.1 Å². The molecular formula is C23H18N2O3S2. The normalized spacial score (nSPS) is 15.3. The Balaban J connectivity index is 1.71. The second kappa shape index (κ2) is 7.93. The molecule has 0 atom stereocenters. The Hall–Kier alpha value is -3.16. The van der Waals surface area contributed by atoms with Crippen molar-refractivity contribution in [2.75, 3.05) is 4.90 Å². The van der Waals surface area contributed by atoms with Crippen molar-refractivity contribution in [1.82, 2.24) is 4.57 Å². The van der Waals surface area contributed by atoms with Crippen LogP contribution in [0, 0.1) is 13.8 Å². The number of aromatic carboxylic acids is 1. The quantitative estimate of drug-likeness (QED) is 0.452. The number of thioether (sulfide) groups is 1. The SMILES string of the molecule is Cc1cc(/C=C2/SC(=S)N(c3ccccc3)C2=O)c(C)n1-c1cccc(C(=O)O)c1. The average Bonchev–Trinajstić information content (AvgIpc) is 3.17. The molecule has 0 spiro atoms. The number of benzene rings is 2. The Morgan fingerprint density at radius 1 is 1.03 bits per heavy atom. The van der Waals surface area contributed by atoms with Gasteiger partial charge in [0.1, 0.15) is 0 Å². The number of aromatic nitrogens is 1. The first-order chi connectivity index (χ1) is 14.4. The summed E-state index contributed by atoms with van der Waals surface area (Å²) >= 11 is 6.72. The number of anilines is 1. The summed E-state index contributed by atoms with van der Waals surface area (Å²) in [5.41, 5.74) is 4.49. The molecule has 3 aromatic rings. The molecule has 150 valence electrons. The molecule has 0 unspecified atom stereocenters. The van der Waals surface area contributed by atoms with Crippen molar-refractivity contribution in [3.63, 3.8) is 0 Å². The molecular weight excluding hydrogens is 416 g/mol. The number of para-hydroxylation sites is 1. The molecule has 2 heterocycles. The Kier molecular flexibility index (Phi) is 5.32. The van der Waals surface area contributed by atoms with Crippen molar-refractivity contribution in [3.05, 3.63) is 88.1 Å². The minimum Gasteiger partial charge on any atom is -0.478 e. The van der Waals surface area contributed by atoms with Gasteiger partial charge in [-0.1, -0.05) is 48.2 Å². The van der Waals surface area contributed by atoms with Crippen molar-refractivity contribution in [2.45, 2.75) is 13.8 Å². The number of hydrogen-bond acceptors (Lipinski definition) is 4. The van der Waals surface area contributed by atoms with Gasteiger partial charge in [-0.25, -0.2) is 4.79 Å². The van der Waals surface area contributed by atoms with E-state index in [0.29, 0.717) is 9.23 Å². The van der Waals surface area contributed by atoms with E-state index < -0.39 is 5.97 Å². The molecule has 5 nitrogen and oxygen atoms in total. The van der Waals surface area contributed by atoms with Gasteiger partial charge in [-0.2, -0.15) is 0 Å². The minimum atomic E-state index is -0.968. The summed E-state index contributed by atoms with van der Waals surface area (Å²) in [7, 11) is 0. The Labute approximate surface area is 183 Å². The summed E-state index contributed by atoms with van der Waals surface area (Å²) in [6.07, 6.45) is 1.85. The van der Waals surface area contributed by atoms with Gasteiger partial charge in [-0.15, -0.1) is 0 Å². The largest absolute Gasteiger partial charge is 0.478 e. The average molecular weight is 435 g/mol. The van der Waals surface area contributed by atoms with E-state index in [-0.39, 0.29) is 11.5 Å². The highest BCUT2D eigenvalue weighted by Gasteiger charge is 2.33. The van der Waals surface area contributed by atoms with Crippen molar-refractivity contribution in [3.8, 4) is 5.69 Å². The lowest BCUT2D eigenvalue weighted by Crippen LogP contribution is -2.27. The van der Waals surface area contributed by atoms with Crippen LogP contribution in [0.25, 0.3) is 11.8 Å². The van der Waals surface area contributed by atoms with Gasteiger partial charge < -0.3 is 9.67 Å². The van der Waals surface area contributed by atoms with Crippen LogP contribution < -0.4 is 4.90 Å². The first-order valence-corrected chi connectivity index (χ1v) is 10.4. The summed E-state index contributed by atoms with van der Waals surface area (Å²) < 4.78 is 2.48. The van der Waals surface area contributed by atoms with Crippen LogP contribution in [0.3, 0.4) is 0 Å². The molecule has 4 rings (SSSR count). The maximum absolute atomic E-state index is 13.0. The molecule has 1 amide bonds. The molecule has 1 N–H and O–H groups in total. The number of carboxylic acids is 1. The third kappa shape index (κ3) is 3.58. The van der Waals surface area contributed by atoms with Crippen LogP contribution in [0.15, 0.2) is 65.6 Å². The molecule has 0 saturated carbocycles. The first kappa shape index (κ1) is 20.1. The lowest BCUT2D eigenvalue weighted by atomic mass is 10.2. The number of carbonyl (C=O) groups excluding carboxylic acids is 1. The molecule has 1 aromatic heterocycles. The summed E-state index contributed by atoms with van der Waals surface area (Å²) in [5.74, 6) is -1.11. The second-order valence-electron chi connectivity index (χ2n) is 6.87. The number of carbonyl (C=O) groups is 2. The summed E-state index contributed by atoms with van der Waals surface area (Å²) in [4.78, 5) is 26.4. The molecule has 0 aliphatic carbocycles. The molecule has 1 aliphatic heterocycles. The number of nitrogens with zero attached hydrogens (tertiary/aromatic N) is 2. The second-order valence-corrected chi connectivity index (χ2v) is 8.55. The number of aryl methyl sites for hydroxylation is 1. The standard InChI is InChI=1S/C23H18N2O3S2/c1-14-11-17(15(2)24(14)19-10-6-7-16(12-19)22(27)28)13-20-21(26)25(23(29)30-20)18-8-4-3-5-9-18/h3-13H,1-2H3,(H,27,28)/b20-13+. The zero-order valence-corrected chi connectivity index (χ0v) is 18.0. The molecule has 1 aliphatic rings. The van der Waals surface area contributed by atoms with Crippen LogP contribution in [0.1, 0.15) is 27.3 Å². The number of rotatable bonds is 4. The maximum atomic E-state index is 13.0. The summed E-state index contributed by atoms with van der Waals surface area (Å²) in [6.45, 7) is 3.90. The molecule has 2 aromatic carbocycles. The number of amides is 1. The van der Waals surface area contributed by atoms with Crippen LogP contribution in [-0.4, -0.2) is 25.9 Å². The zero-order chi connectivity index (χ0) is 21.4. The van der Waals surface area contributed by atoms with E-state index in [9.17, 15) is 14.7 Å². The predicted octanol–water partition coefficient (Wildman–Crippen LogP) is 5.20. The van der Waals surface area contributed by atoms with Crippen molar-refractivity contribution >= 4 is 51.9 Å². The molecule has 0 radical (unpaired) electrons. The third-order valence-corrected chi connectivity index (χ3v) is 6.22. The number of hydrogen-bond donors (Lipinski definition) is 1. The summed E-state index contributed by atoms with van der Waals surface area (Å²) in [5, 5.41) is 9.29. The highest BCUT2D eigenvalue weighted by atomic mass is 32.2. The minimum absolute atomic E-state index is 0.145. The molecule has 1 fully saturated rings. The van der Waals surface area contributed by atoms with E-state index in [1.807, 2.05) is 67.0 Å². The highest BCUT2D eigenvalue weighted by Crippen LogP contribution is 2.36. The van der Waals surface area contributed by atoms with Crippen LogP contribution in [-0.2, 0) is 4.79 Å². The fraction of sp³-hybridized carbons (Fsp3) is 0.0870. The van der Waals surface area contributed by atoms with Gasteiger partial charge >= 0.3 is 5.97 Å². The zero-order valence-electron chi connectivity index (χ0n) is 16.3. The topological polar surface area (TPSA) is 62.5 Å². The smallest absolute Gasteiger partial charge is 0.335 e. The van der Waals surface area contributed by atoms with Gasteiger partial charge in [0.25, 0.3) is 5.91 Å². The van der Waals surface area contributed by atoms with Crippen molar-refractivity contribution < 1.29 is 14.7 Å². The lowest BCUT2D eigenvalue weighted by molar-refractivity contribution is -0.113. The van der Waals surface area contributed by atoms with Gasteiger partial charge in [-0.3, -0.25) is 9.69 Å². The third-order valence-electron chi connectivity index (χ3n) is 4.92. The van der Waals surface area contributed by atoms with E-state index >= 15 is 0 Å². The van der Waals surface area contributed by atoms with Crippen LogP contribution in [0.2, 0.25) is 0 Å². The summed E-state index contributed by atoms with van der Waals surface area (Å²) in [6, 6.07) is 18.1. The van der Waals surface area contributed by atoms with E-state index in [0.717, 1.165) is 28.3 Å². The van der Waals surface area contributed by atoms with E-state index in [1.165, 1.54) is 11.8 Å². The highest BCUT2D eigenvalue weighted by molar-refractivity contribution is 8.27. The van der Waals surface area contributed by atoms with Crippen LogP contribution in [0.4, 0.5) is 5.69 Å². The number of thiocarbonyl (C=S) groups is 1. The van der Waals surface area contributed by atoms with Gasteiger partial charge in [0.05, 0.1) is 16.2 Å². The fourth-order valence-corrected chi connectivity index (χ4v) is 4.81. The van der Waals surface area contributed by atoms with Crippen LogP contribution in [0.5, 0.6) is 0 Å². The van der Waals surface area contributed by atoms with Crippen molar-refractivity contribution in [2.24, 2.45) is 0 Å². The van der Waals surface area contributed by atoms with E-state index in [1.54, 1.807) is 23.1 Å². The lowest BCUT2D eigenvalue weighted by Gasteiger charge is -2.13. The van der Waals surface area contributed by atoms with E-state index in [4.69, 9.17) is 12.2 Å². The Morgan fingerprint density at radius 2 is 1.73 bits per heavy atom. The van der Waals surface area contributed by atoms with Crippen molar-refractivity contribution in [1.29, 1.82) is 0 Å². The molecule has 30 heavy (non-hydrogen) atoms. The Morgan fingerprint density at radius 3 is 2.43 bits per heavy atom. The maximum Gasteiger partial charge on any atom is 0.335 e. The molecule has 0 bridgehead atoms. The molecule has 7 heteroatoms. The van der Waals surface area contributed by atoms with E-state index in [2.05, 4.69) is 0 Å². The van der Waals surface area contributed by atoms with Gasteiger partial charge in [0.15, 0.2) is 4.32 Å².